The topological polar surface area (TPSA) is 234 Å². The van der Waals surface area contributed by atoms with E-state index in [1.165, 1.54) is 6.33 Å². The Morgan fingerprint density at radius 1 is 1.00 bits per heavy atom. The smallest absolute Gasteiger partial charge is 0.342 e. The van der Waals surface area contributed by atoms with Crippen molar-refractivity contribution in [1.82, 2.24) is 29.7 Å². The molecule has 17 nitrogen and oxygen atoms in total. The molecular weight excluding hydrogens is 707 g/mol. The van der Waals surface area contributed by atoms with E-state index in [0.29, 0.717) is 28.1 Å². The number of nitrogens with zero attached hydrogens (tertiary/aromatic N) is 4. The number of benzene rings is 2. The van der Waals surface area contributed by atoms with Gasteiger partial charge in [-0.25, -0.2) is 24.7 Å². The maximum absolute atomic E-state index is 15.0. The van der Waals surface area contributed by atoms with Gasteiger partial charge in [0.25, 0.3) is 0 Å². The molecule has 0 amide bonds. The quantitative estimate of drug-likeness (QED) is 0.0714. The number of ether oxygens (including phenoxy) is 3. The minimum absolute atomic E-state index is 0.0158. The van der Waals surface area contributed by atoms with E-state index < -0.39 is 67.8 Å². The van der Waals surface area contributed by atoms with Crippen LogP contribution in [-0.4, -0.2) is 90.9 Å². The van der Waals surface area contributed by atoms with E-state index in [2.05, 4.69) is 30.4 Å². The van der Waals surface area contributed by atoms with Crippen molar-refractivity contribution >= 4 is 42.5 Å². The number of hydrogen-bond donors (Lipinski definition) is 6. The van der Waals surface area contributed by atoms with E-state index in [1.54, 1.807) is 86.0 Å². The number of carbonyl (C=O) groups is 2. The molecule has 282 valence electrons. The minimum atomic E-state index is -4.49. The van der Waals surface area contributed by atoms with Gasteiger partial charge in [0, 0.05) is 6.04 Å². The van der Waals surface area contributed by atoms with Crippen LogP contribution >= 0.6 is 7.67 Å². The number of nitrogens with two attached hydrogens (primary N) is 1. The third-order valence-corrected chi connectivity index (χ3v) is 11.5. The number of carbonyl (C=O) groups excluding carboxylic acids is 2. The lowest BCUT2D eigenvalue weighted by Crippen LogP contribution is -2.42. The van der Waals surface area contributed by atoms with E-state index in [4.69, 9.17) is 24.5 Å². The zero-order valence-corrected chi connectivity index (χ0v) is 30.3. The first kappa shape index (κ1) is 36.9. The van der Waals surface area contributed by atoms with Crippen LogP contribution in [-0.2, 0) is 32.9 Å². The molecule has 2 saturated carbocycles. The van der Waals surface area contributed by atoms with Gasteiger partial charge in [0.05, 0.1) is 26.1 Å². The Morgan fingerprint density at radius 3 is 2.06 bits per heavy atom. The van der Waals surface area contributed by atoms with Crippen molar-refractivity contribution in [3.8, 4) is 0 Å². The van der Waals surface area contributed by atoms with Crippen molar-refractivity contribution in [3.05, 3.63) is 78.1 Å². The highest BCUT2D eigenvalue weighted by molar-refractivity contribution is 7.54. The second-order valence-electron chi connectivity index (χ2n) is 13.4. The molecule has 3 fully saturated rings. The van der Waals surface area contributed by atoms with Crippen LogP contribution in [0.25, 0.3) is 11.2 Å². The van der Waals surface area contributed by atoms with Crippen LogP contribution in [0.5, 0.6) is 0 Å². The Balaban J connectivity index is 1.16. The van der Waals surface area contributed by atoms with Gasteiger partial charge in [-0.2, -0.15) is 9.97 Å². The zero-order chi connectivity index (χ0) is 37.5. The largest absolute Gasteiger partial charge is 0.465 e. The summed E-state index contributed by atoms with van der Waals surface area (Å²) in [7, 11) is -4.49. The molecule has 1 aliphatic heterocycles. The molecule has 2 aromatic heterocycles. The Morgan fingerprint density at radius 2 is 1.57 bits per heavy atom. The number of nitrogen functional groups attached to an aromatic ring is 1. The molecule has 2 aromatic carbocycles. The highest BCUT2D eigenvalue weighted by Crippen LogP contribution is 2.68. The van der Waals surface area contributed by atoms with Gasteiger partial charge in [0.2, 0.25) is 5.95 Å². The van der Waals surface area contributed by atoms with Gasteiger partial charge >= 0.3 is 19.6 Å². The molecular formula is C35H43N8O9P. The van der Waals surface area contributed by atoms with Crippen LogP contribution in [0.3, 0.4) is 0 Å². The second kappa shape index (κ2) is 14.4. The van der Waals surface area contributed by atoms with E-state index in [-0.39, 0.29) is 25.2 Å². The first-order valence-electron chi connectivity index (χ1n) is 17.5. The fraction of sp³-hybridized carbons (Fsp3) is 0.457. The molecule has 53 heavy (non-hydrogen) atoms. The average molecular weight is 751 g/mol. The summed E-state index contributed by atoms with van der Waals surface area (Å²) in [6.45, 7) is 4.47. The molecule has 7 atom stereocenters. The van der Waals surface area contributed by atoms with Gasteiger partial charge in [-0.3, -0.25) is 4.57 Å². The molecule has 18 heteroatoms. The number of aliphatic hydroxyl groups is 2. The van der Waals surface area contributed by atoms with E-state index in [9.17, 15) is 24.4 Å². The SMILES string of the molecule is CCOC(=O)[C@@H](NP(=O)(N[C@H](C(=O)OCC)c1ccccc1)OC[C@H]1OC2(C)[C@@H](n3cnc4c(NC5CC5)nc(N)nc43)C2(O)C1O)c1ccccc1. The number of hydrogen-bond acceptors (Lipinski definition) is 14. The predicted molar refractivity (Wildman–Crippen MR) is 191 cm³/mol. The van der Waals surface area contributed by atoms with Gasteiger partial charge in [0.15, 0.2) is 17.0 Å². The third-order valence-electron chi connectivity index (χ3n) is 9.81. The number of aliphatic hydroxyl groups excluding tert-OH is 1. The van der Waals surface area contributed by atoms with Gasteiger partial charge in [-0.15, -0.1) is 0 Å². The Labute approximate surface area is 305 Å². The zero-order valence-electron chi connectivity index (χ0n) is 29.4. The van der Waals surface area contributed by atoms with Crippen molar-refractivity contribution in [1.29, 1.82) is 0 Å². The van der Waals surface area contributed by atoms with Crippen LogP contribution in [0, 0.1) is 0 Å². The lowest BCUT2D eigenvalue weighted by Gasteiger charge is -2.30. The number of fused-ring (bicyclic) bond motifs is 2. The van der Waals surface area contributed by atoms with E-state index >= 15 is 0 Å². The third kappa shape index (κ3) is 6.89. The molecule has 4 aromatic rings. The summed E-state index contributed by atoms with van der Waals surface area (Å²) < 4.78 is 39.5. The first-order valence-corrected chi connectivity index (χ1v) is 19.1. The summed E-state index contributed by atoms with van der Waals surface area (Å²) in [6.07, 6.45) is 0.746. The van der Waals surface area contributed by atoms with Crippen LogP contribution in [0.1, 0.15) is 62.9 Å². The number of aromatic nitrogens is 4. The van der Waals surface area contributed by atoms with Crippen molar-refractivity contribution < 1.29 is 43.1 Å². The minimum Gasteiger partial charge on any atom is -0.465 e. The summed E-state index contributed by atoms with van der Waals surface area (Å²) in [5, 5.41) is 32.4. The predicted octanol–water partition coefficient (Wildman–Crippen LogP) is 2.70. The fourth-order valence-corrected chi connectivity index (χ4v) is 8.77. The van der Waals surface area contributed by atoms with Crippen LogP contribution in [0.2, 0.25) is 0 Å². The molecule has 3 aliphatic rings. The first-order chi connectivity index (χ1) is 25.4. The van der Waals surface area contributed by atoms with Crippen molar-refractivity contribution in [2.75, 3.05) is 30.9 Å². The summed E-state index contributed by atoms with van der Waals surface area (Å²) in [5.74, 6) is -0.991. The molecule has 7 rings (SSSR count). The molecule has 2 aliphatic carbocycles. The summed E-state index contributed by atoms with van der Waals surface area (Å²) in [5.41, 5.74) is 4.50. The molecule has 3 heterocycles. The Bertz CT molecular complexity index is 1950. The molecule has 0 bridgehead atoms. The second-order valence-corrected chi connectivity index (χ2v) is 15.3. The van der Waals surface area contributed by atoms with Crippen molar-refractivity contribution in [3.63, 3.8) is 0 Å². The molecule has 3 unspecified atom stereocenters. The van der Waals surface area contributed by atoms with Gasteiger partial charge in [-0.05, 0) is 44.7 Å². The lowest BCUT2D eigenvalue weighted by molar-refractivity contribution is -0.145. The summed E-state index contributed by atoms with van der Waals surface area (Å²) in [6, 6.07) is 13.8. The number of nitrogens with one attached hydrogen (secondary N) is 3. The highest BCUT2D eigenvalue weighted by Gasteiger charge is 2.85. The van der Waals surface area contributed by atoms with Crippen LogP contribution in [0.15, 0.2) is 67.0 Å². The maximum atomic E-state index is 15.0. The fourth-order valence-electron chi connectivity index (χ4n) is 7.00. The standard InChI is InChI=1S/C35H43N8O9P/c1-4-49-30(45)24(20-12-8-6-9-13-20)41-53(48,42-25(31(46)50-5-2)21-14-10-7-11-15-21)51-18-23-27(44)35(47)32(34(35,3)52-23)43-19-37-26-28(38-22-16-17-22)39-33(36)40-29(26)43/h6-15,19,22-25,27,32,44,47H,4-5,16-18H2,1-3H3,(H2,41,42,48)(H3,36,38,39,40)/t23-,24+,25+,27?,32-,34?,35?/m1/s1. The molecule has 0 spiro atoms. The number of esters is 2. The highest BCUT2D eigenvalue weighted by atomic mass is 31.2. The normalized spacial score (nSPS) is 26.1. The van der Waals surface area contributed by atoms with Crippen LogP contribution in [0.4, 0.5) is 11.8 Å². The number of anilines is 2. The van der Waals surface area contributed by atoms with E-state index in [0.717, 1.165) is 12.8 Å². The Hall–Kier alpha value is -4.48. The van der Waals surface area contributed by atoms with Crippen molar-refractivity contribution in [2.24, 2.45) is 0 Å². The number of rotatable bonds is 16. The molecule has 1 saturated heterocycles. The van der Waals surface area contributed by atoms with E-state index in [1.807, 2.05) is 0 Å². The van der Waals surface area contributed by atoms with Gasteiger partial charge in [-0.1, -0.05) is 60.7 Å². The van der Waals surface area contributed by atoms with Crippen LogP contribution < -0.4 is 21.2 Å². The average Bonchev–Trinajstić information content (AvgIpc) is 3.97. The van der Waals surface area contributed by atoms with Crippen molar-refractivity contribution in [2.45, 2.75) is 81.2 Å². The monoisotopic (exact) mass is 750 g/mol. The summed E-state index contributed by atoms with van der Waals surface area (Å²) >= 11 is 0. The number of imidazole rings is 1. The molecule has 7 N–H and O–H groups in total. The van der Waals surface area contributed by atoms with Gasteiger partial charge in [0.1, 0.15) is 41.5 Å². The Kier molecular flexibility index (Phi) is 10.0. The lowest BCUT2D eigenvalue weighted by atomic mass is 10.1. The maximum Gasteiger partial charge on any atom is 0.342 e. The molecule has 0 radical (unpaired) electrons. The summed E-state index contributed by atoms with van der Waals surface area (Å²) in [4.78, 5) is 39.7. The van der Waals surface area contributed by atoms with Gasteiger partial charge < -0.3 is 44.6 Å².